The van der Waals surface area contributed by atoms with E-state index >= 15 is 0 Å². The minimum atomic E-state index is -0.105. The van der Waals surface area contributed by atoms with Gasteiger partial charge in [-0.25, -0.2) is 0 Å². The molecule has 0 spiro atoms. The van der Waals surface area contributed by atoms with Gasteiger partial charge >= 0.3 is 0 Å². The highest BCUT2D eigenvalue weighted by Crippen LogP contribution is 2.55. The first-order valence-corrected chi connectivity index (χ1v) is 22.7. The predicted octanol–water partition coefficient (Wildman–Crippen LogP) is 17.1. The molecule has 0 unspecified atom stereocenters. The normalized spacial score (nSPS) is 15.5. The molecular weight excluding hydrogens is 757 g/mol. The zero-order valence-corrected chi connectivity index (χ0v) is 36.8. The van der Waals surface area contributed by atoms with E-state index in [-0.39, 0.29) is 16.2 Å². The molecule has 0 heterocycles. The van der Waals surface area contributed by atoms with Crippen molar-refractivity contribution in [1.29, 1.82) is 0 Å². The number of hydrogen-bond donors (Lipinski definition) is 0. The fourth-order valence-corrected chi connectivity index (χ4v) is 12.4. The van der Waals surface area contributed by atoms with Crippen LogP contribution in [-0.2, 0) is 16.2 Å². The molecule has 0 bridgehead atoms. The third kappa shape index (κ3) is 4.87. The summed E-state index contributed by atoms with van der Waals surface area (Å²) in [4.78, 5) is 0. The Morgan fingerprint density at radius 2 is 0.667 bits per heavy atom. The topological polar surface area (TPSA) is 0 Å². The van der Waals surface area contributed by atoms with Crippen LogP contribution in [-0.4, -0.2) is 0 Å². The first kappa shape index (κ1) is 36.6. The van der Waals surface area contributed by atoms with Gasteiger partial charge in [-0.1, -0.05) is 199 Å². The molecule has 3 aliphatic rings. The maximum absolute atomic E-state index is 2.51. The van der Waals surface area contributed by atoms with Gasteiger partial charge in [0, 0.05) is 16.2 Å². The fourth-order valence-electron chi connectivity index (χ4n) is 12.4. The molecule has 0 N–H and O–H groups in total. The van der Waals surface area contributed by atoms with Gasteiger partial charge in [0.05, 0.1) is 0 Å². The third-order valence-corrected chi connectivity index (χ3v) is 15.7. The van der Waals surface area contributed by atoms with Crippen molar-refractivity contribution in [2.24, 2.45) is 0 Å². The highest BCUT2D eigenvalue weighted by molar-refractivity contribution is 6.22. The van der Waals surface area contributed by atoms with E-state index in [0.717, 1.165) is 0 Å². The molecule has 0 aromatic heterocycles. The van der Waals surface area contributed by atoms with Crippen LogP contribution in [0.25, 0.3) is 99.1 Å². The Labute approximate surface area is 370 Å². The molecule has 0 saturated heterocycles. The van der Waals surface area contributed by atoms with Gasteiger partial charge in [0.15, 0.2) is 0 Å². The van der Waals surface area contributed by atoms with Gasteiger partial charge < -0.3 is 0 Å². The number of fused-ring (bicyclic) bond motifs is 13. The van der Waals surface area contributed by atoms with Crippen molar-refractivity contribution in [3.8, 4) is 66.8 Å². The summed E-state index contributed by atoms with van der Waals surface area (Å²) in [7, 11) is 0. The highest BCUT2D eigenvalue weighted by Gasteiger charge is 2.38. The van der Waals surface area contributed by atoms with Crippen LogP contribution < -0.4 is 0 Å². The third-order valence-electron chi connectivity index (χ3n) is 15.7. The van der Waals surface area contributed by atoms with Crippen LogP contribution in [0, 0.1) is 0 Å². The Morgan fingerprint density at radius 1 is 0.238 bits per heavy atom. The Balaban J connectivity index is 1.08. The average Bonchev–Trinajstić information content (AvgIpc) is 3.79. The standard InChI is InChI=1S/C63H48/c1-61(2)54-31-27-39(34-51(54)60-42-16-8-7-15-37(42)26-32-55(60)61)38-23-30-49-50(33-38)59(41-25-29-46-44-18-12-14-22-53(44)63(5,6)57(46)36-41)48-20-10-9-19-47(48)58(49)40-24-28-45-43-17-11-13-21-52(43)62(3,4)56(45)35-40/h7-36H,1-6H3. The van der Waals surface area contributed by atoms with E-state index in [9.17, 15) is 0 Å². The maximum Gasteiger partial charge on any atom is 0.0159 e. The number of hydrogen-bond acceptors (Lipinski definition) is 0. The second kappa shape index (κ2) is 12.6. The second-order valence-electron chi connectivity index (χ2n) is 20.0. The Morgan fingerprint density at radius 3 is 1.30 bits per heavy atom. The molecule has 10 aromatic rings. The van der Waals surface area contributed by atoms with Gasteiger partial charge in [0.2, 0.25) is 0 Å². The van der Waals surface area contributed by atoms with Gasteiger partial charge in [0.1, 0.15) is 0 Å². The molecule has 0 saturated carbocycles. The first-order valence-electron chi connectivity index (χ1n) is 22.7. The van der Waals surface area contributed by atoms with Crippen LogP contribution in [0.4, 0.5) is 0 Å². The van der Waals surface area contributed by atoms with Crippen LogP contribution >= 0.6 is 0 Å². The Hall–Kier alpha value is -7.02. The summed E-state index contributed by atoms with van der Waals surface area (Å²) in [5.41, 5.74) is 23.9. The van der Waals surface area contributed by atoms with Crippen LogP contribution in [0.15, 0.2) is 182 Å². The molecule has 0 amide bonds. The summed E-state index contributed by atoms with van der Waals surface area (Å²) in [5.74, 6) is 0. The molecule has 0 aliphatic heterocycles. The van der Waals surface area contributed by atoms with Crippen molar-refractivity contribution in [3.63, 3.8) is 0 Å². The van der Waals surface area contributed by atoms with Crippen LogP contribution in [0.1, 0.15) is 74.9 Å². The molecule has 10 aromatic carbocycles. The molecule has 300 valence electrons. The Kier molecular flexibility index (Phi) is 7.29. The lowest BCUT2D eigenvalue weighted by Gasteiger charge is -2.24. The van der Waals surface area contributed by atoms with E-state index in [4.69, 9.17) is 0 Å². The monoisotopic (exact) mass is 804 g/mol. The van der Waals surface area contributed by atoms with E-state index in [1.54, 1.807) is 0 Å². The molecule has 63 heavy (non-hydrogen) atoms. The van der Waals surface area contributed by atoms with Gasteiger partial charge in [-0.2, -0.15) is 0 Å². The van der Waals surface area contributed by atoms with Crippen molar-refractivity contribution in [1.82, 2.24) is 0 Å². The SMILES string of the molecule is CC1(C)c2ccccc2-c2ccc(-c3c4ccccc4c(-c4ccc5c(c4)C(C)(C)c4ccccc4-5)c4cc(-c5ccc6c(c5)-c5c(ccc7ccccc57)C6(C)C)ccc34)cc21. The van der Waals surface area contributed by atoms with Gasteiger partial charge in [-0.05, 0) is 157 Å². The molecule has 0 atom stereocenters. The Bertz CT molecular complexity index is 3640. The summed E-state index contributed by atoms with van der Waals surface area (Å²) >= 11 is 0. The minimum Gasteiger partial charge on any atom is -0.0619 e. The van der Waals surface area contributed by atoms with Crippen molar-refractivity contribution >= 4 is 32.3 Å². The minimum absolute atomic E-state index is 0.0790. The molecule has 13 rings (SSSR count). The zero-order valence-electron chi connectivity index (χ0n) is 36.8. The second-order valence-corrected chi connectivity index (χ2v) is 20.0. The summed E-state index contributed by atoms with van der Waals surface area (Å²) in [6.45, 7) is 14.3. The van der Waals surface area contributed by atoms with Gasteiger partial charge in [-0.3, -0.25) is 0 Å². The molecule has 0 radical (unpaired) electrons. The summed E-state index contributed by atoms with van der Waals surface area (Å²) < 4.78 is 0. The largest absolute Gasteiger partial charge is 0.0619 e. The average molecular weight is 805 g/mol. The predicted molar refractivity (Wildman–Crippen MR) is 268 cm³/mol. The van der Waals surface area contributed by atoms with Crippen molar-refractivity contribution in [2.75, 3.05) is 0 Å². The van der Waals surface area contributed by atoms with E-state index in [1.165, 1.54) is 132 Å². The van der Waals surface area contributed by atoms with Crippen molar-refractivity contribution in [2.45, 2.75) is 57.8 Å². The lowest BCUT2D eigenvalue weighted by Crippen LogP contribution is -2.15. The molecule has 0 nitrogen and oxygen atoms in total. The number of benzene rings is 10. The lowest BCUT2D eigenvalue weighted by molar-refractivity contribution is 0.660. The molecule has 3 aliphatic carbocycles. The lowest BCUT2D eigenvalue weighted by atomic mass is 9.79. The van der Waals surface area contributed by atoms with Crippen LogP contribution in [0.2, 0.25) is 0 Å². The van der Waals surface area contributed by atoms with Crippen molar-refractivity contribution in [3.05, 3.63) is 215 Å². The van der Waals surface area contributed by atoms with Gasteiger partial charge in [-0.15, -0.1) is 0 Å². The van der Waals surface area contributed by atoms with Crippen LogP contribution in [0.3, 0.4) is 0 Å². The number of rotatable bonds is 3. The zero-order chi connectivity index (χ0) is 42.6. The first-order chi connectivity index (χ1) is 30.5. The molecular formula is C63H48. The van der Waals surface area contributed by atoms with Crippen molar-refractivity contribution < 1.29 is 0 Å². The smallest absolute Gasteiger partial charge is 0.0159 e. The maximum atomic E-state index is 2.51. The highest BCUT2D eigenvalue weighted by atomic mass is 14.4. The quantitative estimate of drug-likeness (QED) is 0.156. The van der Waals surface area contributed by atoms with E-state index in [2.05, 4.69) is 224 Å². The summed E-state index contributed by atoms with van der Waals surface area (Å²) in [5, 5.41) is 7.75. The fraction of sp³-hybridized carbons (Fsp3) is 0.143. The van der Waals surface area contributed by atoms with Gasteiger partial charge in [0.25, 0.3) is 0 Å². The van der Waals surface area contributed by atoms with E-state index in [1.807, 2.05) is 0 Å². The molecule has 0 fully saturated rings. The summed E-state index contributed by atoms with van der Waals surface area (Å²) in [6, 6.07) is 69.8. The molecule has 0 heteroatoms. The van der Waals surface area contributed by atoms with Crippen LogP contribution in [0.5, 0.6) is 0 Å². The summed E-state index contributed by atoms with van der Waals surface area (Å²) in [6.07, 6.45) is 0. The van der Waals surface area contributed by atoms with E-state index < -0.39 is 0 Å². The van der Waals surface area contributed by atoms with E-state index in [0.29, 0.717) is 0 Å².